The number of rotatable bonds is 14. The number of nitrogens with one attached hydrogen (secondary N) is 2. The quantitative estimate of drug-likeness (QED) is 0.191. The summed E-state index contributed by atoms with van der Waals surface area (Å²) in [5.74, 6) is 1.45. The molecule has 0 saturated carbocycles. The van der Waals surface area contributed by atoms with Gasteiger partial charge < -0.3 is 15.2 Å². The van der Waals surface area contributed by atoms with Crippen molar-refractivity contribution in [1.29, 1.82) is 0 Å². The molecule has 0 bridgehead atoms. The van der Waals surface area contributed by atoms with Crippen molar-refractivity contribution >= 4 is 29.1 Å². The van der Waals surface area contributed by atoms with Crippen molar-refractivity contribution in [3.63, 3.8) is 0 Å². The summed E-state index contributed by atoms with van der Waals surface area (Å²) in [5, 5.41) is 4.65. The molecule has 0 radical (unpaired) electrons. The Morgan fingerprint density at radius 2 is 1.88 bits per heavy atom. The van der Waals surface area contributed by atoms with E-state index in [2.05, 4.69) is 29.1 Å². The number of hydrogen-bond acceptors (Lipinski definition) is 4. The van der Waals surface area contributed by atoms with Gasteiger partial charge >= 0.3 is 0 Å². The molecule has 1 aliphatic rings. The first kappa shape index (κ1) is 30.0. The van der Waals surface area contributed by atoms with Crippen molar-refractivity contribution in [3.05, 3.63) is 81.9 Å². The van der Waals surface area contributed by atoms with Crippen LogP contribution in [-0.2, 0) is 4.79 Å². The lowest BCUT2D eigenvalue weighted by Crippen LogP contribution is -2.28. The van der Waals surface area contributed by atoms with Crippen LogP contribution in [-0.4, -0.2) is 51.9 Å². The van der Waals surface area contributed by atoms with Gasteiger partial charge in [0.25, 0.3) is 5.91 Å². The fraction of sp³-hybridized carbons (Fsp3) is 0.406. The van der Waals surface area contributed by atoms with Gasteiger partial charge in [-0.2, -0.15) is 0 Å². The van der Waals surface area contributed by atoms with E-state index in [1.807, 2.05) is 54.3 Å². The summed E-state index contributed by atoms with van der Waals surface area (Å²) in [6, 6.07) is 9.61. The maximum atomic E-state index is 12.5. The molecule has 2 N–H and O–H groups in total. The van der Waals surface area contributed by atoms with Crippen molar-refractivity contribution in [2.45, 2.75) is 58.8 Å². The van der Waals surface area contributed by atoms with Crippen molar-refractivity contribution in [3.8, 4) is 22.5 Å². The molecule has 0 aliphatic carbocycles. The number of nitrogens with zero attached hydrogens (tertiary/aromatic N) is 3. The average Bonchev–Trinajstić information content (AvgIpc) is 3.51. The second-order valence-electron chi connectivity index (χ2n) is 10.3. The lowest BCUT2D eigenvalue weighted by molar-refractivity contribution is -0.125. The molecule has 1 amide bonds. The van der Waals surface area contributed by atoms with Gasteiger partial charge in [-0.25, -0.2) is 4.98 Å². The fourth-order valence-electron chi connectivity index (χ4n) is 5.19. The molecule has 3 heterocycles. The zero-order valence-electron chi connectivity index (χ0n) is 23.6. The highest BCUT2D eigenvalue weighted by atomic mass is 35.5. The third-order valence-electron chi connectivity index (χ3n) is 7.45. The lowest BCUT2D eigenvalue weighted by atomic mass is 10.0. The summed E-state index contributed by atoms with van der Waals surface area (Å²) in [7, 11) is 0. The Hall–Kier alpha value is -2.93. The highest BCUT2D eigenvalue weighted by Crippen LogP contribution is 2.35. The van der Waals surface area contributed by atoms with E-state index in [-0.39, 0.29) is 5.91 Å². The summed E-state index contributed by atoms with van der Waals surface area (Å²) in [4.78, 5) is 27.3. The van der Waals surface area contributed by atoms with E-state index >= 15 is 0 Å². The van der Waals surface area contributed by atoms with E-state index in [0.717, 1.165) is 92.2 Å². The van der Waals surface area contributed by atoms with Gasteiger partial charge in [0.1, 0.15) is 5.82 Å². The average molecular weight is 581 g/mol. The van der Waals surface area contributed by atoms with E-state index in [0.29, 0.717) is 16.0 Å². The number of unbranched alkanes of at least 4 members (excludes halogenated alkanes) is 2. The largest absolute Gasteiger partial charge is 0.341 e. The van der Waals surface area contributed by atoms with Gasteiger partial charge in [-0.15, -0.1) is 0 Å². The molecule has 40 heavy (non-hydrogen) atoms. The van der Waals surface area contributed by atoms with Gasteiger partial charge in [-0.05, 0) is 82.5 Å². The normalized spacial score (nSPS) is 14.6. The van der Waals surface area contributed by atoms with Crippen LogP contribution in [0.15, 0.2) is 66.0 Å². The predicted molar refractivity (Wildman–Crippen MR) is 166 cm³/mol. The number of H-pyrrole nitrogens is 1. The maximum Gasteiger partial charge on any atom is 0.254 e. The van der Waals surface area contributed by atoms with Gasteiger partial charge in [-0.1, -0.05) is 54.8 Å². The Kier molecular flexibility index (Phi) is 11.0. The second-order valence-corrected chi connectivity index (χ2v) is 11.2. The van der Waals surface area contributed by atoms with Gasteiger partial charge in [0.15, 0.2) is 0 Å². The monoisotopic (exact) mass is 579 g/mol. The van der Waals surface area contributed by atoms with Crippen molar-refractivity contribution in [2.75, 3.05) is 26.2 Å². The second kappa shape index (κ2) is 14.6. The molecule has 3 aromatic rings. The van der Waals surface area contributed by atoms with E-state index in [1.54, 1.807) is 12.4 Å². The predicted octanol–water partition coefficient (Wildman–Crippen LogP) is 7.82. The van der Waals surface area contributed by atoms with Crippen LogP contribution in [0.25, 0.3) is 22.5 Å². The summed E-state index contributed by atoms with van der Waals surface area (Å²) < 4.78 is 0. The molecule has 1 unspecified atom stereocenters. The maximum absolute atomic E-state index is 12.5. The molecule has 1 aliphatic heterocycles. The smallest absolute Gasteiger partial charge is 0.254 e. The molecular weight excluding hydrogens is 541 g/mol. The number of halogens is 2. The van der Waals surface area contributed by atoms with Crippen LogP contribution in [0.5, 0.6) is 0 Å². The molecule has 4 rings (SSSR count). The van der Waals surface area contributed by atoms with Crippen LogP contribution in [0.4, 0.5) is 0 Å². The summed E-state index contributed by atoms with van der Waals surface area (Å²) in [5.41, 5.74) is 5.82. The highest BCUT2D eigenvalue weighted by molar-refractivity contribution is 6.42. The topological polar surface area (TPSA) is 73.9 Å². The van der Waals surface area contributed by atoms with E-state index in [4.69, 9.17) is 28.2 Å². The van der Waals surface area contributed by atoms with Crippen molar-refractivity contribution in [1.82, 2.24) is 25.2 Å². The number of imidazole rings is 1. The summed E-state index contributed by atoms with van der Waals surface area (Å²) in [6.45, 7) is 9.70. The Balaban J connectivity index is 1.28. The number of hydrogen-bond donors (Lipinski definition) is 2. The van der Waals surface area contributed by atoms with Gasteiger partial charge in [0, 0.05) is 48.1 Å². The van der Waals surface area contributed by atoms with Crippen LogP contribution in [0.1, 0.15) is 64.6 Å². The number of pyridine rings is 1. The van der Waals surface area contributed by atoms with Gasteiger partial charge in [0.05, 0.1) is 21.4 Å². The summed E-state index contributed by atoms with van der Waals surface area (Å²) >= 11 is 12.5. The van der Waals surface area contributed by atoms with Crippen LogP contribution < -0.4 is 5.32 Å². The Morgan fingerprint density at radius 3 is 2.60 bits per heavy atom. The third-order valence-corrected chi connectivity index (χ3v) is 8.19. The minimum atomic E-state index is 0.173. The molecule has 8 heteroatoms. The first-order valence-electron chi connectivity index (χ1n) is 14.2. The van der Waals surface area contributed by atoms with Crippen LogP contribution >= 0.6 is 23.2 Å². The highest BCUT2D eigenvalue weighted by Gasteiger charge is 2.25. The number of carbonyl (C=O) groups excluding carboxylic acids is 1. The Morgan fingerprint density at radius 1 is 1.07 bits per heavy atom. The first-order valence-corrected chi connectivity index (χ1v) is 15.0. The lowest BCUT2D eigenvalue weighted by Gasteiger charge is -2.16. The molecule has 1 atom stereocenters. The number of amides is 1. The zero-order valence-corrected chi connectivity index (χ0v) is 25.2. The van der Waals surface area contributed by atoms with Crippen LogP contribution in [0.3, 0.4) is 0 Å². The standard InChI is InChI=1S/C32H39Cl2N5O/c1-4-9-26-22(3)21-39(32(26)40)19-8-6-7-15-35-16-12-23(5-2)31-37-29(24-13-17-36-18-14-24)30(38-31)25-10-11-27(33)28(34)20-25/h4,9-11,13-14,17-18,20,23,35H,5-8,12,15-16,19,21H2,1-3H3,(H,37,38)/b9-4-. The van der Waals surface area contributed by atoms with E-state index in [1.165, 1.54) is 5.57 Å². The first-order chi connectivity index (χ1) is 19.4. The van der Waals surface area contributed by atoms with Crippen LogP contribution in [0, 0.1) is 0 Å². The molecular formula is C32H39Cl2N5O. The van der Waals surface area contributed by atoms with Crippen molar-refractivity contribution in [2.24, 2.45) is 0 Å². The SMILES string of the molecule is C/C=C\C1=C(C)CN(CCCCCNCCC(CC)c2nc(-c3ccc(Cl)c(Cl)c3)c(-c3ccncc3)[nH]2)C1=O. The molecule has 0 saturated heterocycles. The Labute approximate surface area is 247 Å². The number of aromatic nitrogens is 3. The molecule has 6 nitrogen and oxygen atoms in total. The number of allylic oxidation sites excluding steroid dienone is 1. The number of carbonyl (C=O) groups is 1. The third kappa shape index (κ3) is 7.42. The molecule has 212 valence electrons. The van der Waals surface area contributed by atoms with Crippen molar-refractivity contribution < 1.29 is 4.79 Å². The minimum Gasteiger partial charge on any atom is -0.341 e. The minimum absolute atomic E-state index is 0.173. The number of aromatic amines is 1. The molecule has 0 spiro atoms. The van der Waals surface area contributed by atoms with E-state index < -0.39 is 0 Å². The summed E-state index contributed by atoms with van der Waals surface area (Å²) in [6.07, 6.45) is 12.7. The Bertz CT molecular complexity index is 1350. The van der Waals surface area contributed by atoms with E-state index in [9.17, 15) is 4.79 Å². The number of benzene rings is 1. The fourth-order valence-corrected chi connectivity index (χ4v) is 5.48. The van der Waals surface area contributed by atoms with Gasteiger partial charge in [-0.3, -0.25) is 9.78 Å². The zero-order chi connectivity index (χ0) is 28.5. The van der Waals surface area contributed by atoms with Crippen LogP contribution in [0.2, 0.25) is 10.0 Å². The molecule has 2 aromatic heterocycles. The molecule has 1 aromatic carbocycles. The van der Waals surface area contributed by atoms with Gasteiger partial charge in [0.2, 0.25) is 0 Å². The molecule has 0 fully saturated rings.